The Labute approximate surface area is 104 Å². The first-order valence-corrected chi connectivity index (χ1v) is 6.78. The summed E-state index contributed by atoms with van der Waals surface area (Å²) in [6.07, 6.45) is 7.29. The maximum atomic E-state index is 13.3. The highest BCUT2D eigenvalue weighted by atomic mass is 19.1. The van der Waals surface area contributed by atoms with E-state index in [1.54, 1.807) is 6.07 Å². The number of benzene rings is 1. The van der Waals surface area contributed by atoms with E-state index in [2.05, 4.69) is 12.2 Å². The minimum absolute atomic E-state index is 0.0859. The van der Waals surface area contributed by atoms with Gasteiger partial charge in [0, 0.05) is 0 Å². The van der Waals surface area contributed by atoms with Crippen molar-refractivity contribution in [2.45, 2.75) is 45.4 Å². The lowest BCUT2D eigenvalue weighted by Crippen LogP contribution is -2.18. The number of rotatable bonds is 9. The molecule has 0 radical (unpaired) electrons. The Kier molecular flexibility index (Phi) is 7.65. The van der Waals surface area contributed by atoms with E-state index >= 15 is 0 Å². The first-order valence-electron chi connectivity index (χ1n) is 6.78. The average Bonchev–Trinajstić information content (AvgIpc) is 2.35. The van der Waals surface area contributed by atoms with Gasteiger partial charge in [0.1, 0.15) is 5.82 Å². The lowest BCUT2D eigenvalue weighted by atomic mass is 10.1. The summed E-state index contributed by atoms with van der Waals surface area (Å²) < 4.78 is 13.3. The van der Waals surface area contributed by atoms with Crippen LogP contribution in [0.2, 0.25) is 0 Å². The van der Waals surface area contributed by atoms with Crippen LogP contribution in [0.1, 0.15) is 44.6 Å². The normalized spacial score (nSPS) is 10.7. The molecule has 0 saturated heterocycles. The fourth-order valence-electron chi connectivity index (χ4n) is 1.90. The monoisotopic (exact) mass is 237 g/mol. The molecule has 0 heterocycles. The molecular formula is C15H24FN. The third-order valence-electron chi connectivity index (χ3n) is 2.99. The molecule has 96 valence electrons. The molecule has 1 rings (SSSR count). The molecule has 0 unspecified atom stereocenters. The molecule has 17 heavy (non-hydrogen) atoms. The summed E-state index contributed by atoms with van der Waals surface area (Å²) >= 11 is 0. The van der Waals surface area contributed by atoms with Crippen molar-refractivity contribution in [3.8, 4) is 0 Å². The Morgan fingerprint density at radius 2 is 1.76 bits per heavy atom. The predicted molar refractivity (Wildman–Crippen MR) is 71.7 cm³/mol. The second-order valence-electron chi connectivity index (χ2n) is 4.51. The number of hydrogen-bond donors (Lipinski definition) is 1. The zero-order valence-electron chi connectivity index (χ0n) is 10.8. The van der Waals surface area contributed by atoms with Crippen LogP contribution in [0.15, 0.2) is 24.3 Å². The molecule has 1 nitrogen and oxygen atoms in total. The van der Waals surface area contributed by atoms with Crippen molar-refractivity contribution >= 4 is 0 Å². The largest absolute Gasteiger partial charge is 0.316 e. The van der Waals surface area contributed by atoms with Crippen molar-refractivity contribution in [1.29, 1.82) is 0 Å². The summed E-state index contributed by atoms with van der Waals surface area (Å²) in [4.78, 5) is 0. The van der Waals surface area contributed by atoms with Crippen LogP contribution in [0, 0.1) is 5.82 Å². The van der Waals surface area contributed by atoms with Gasteiger partial charge >= 0.3 is 0 Å². The molecule has 0 aliphatic heterocycles. The summed E-state index contributed by atoms with van der Waals surface area (Å²) in [7, 11) is 0. The van der Waals surface area contributed by atoms with Gasteiger partial charge in [-0.1, -0.05) is 50.8 Å². The molecule has 0 atom stereocenters. The first-order chi connectivity index (χ1) is 8.34. The van der Waals surface area contributed by atoms with Gasteiger partial charge in [-0.05, 0) is 37.6 Å². The smallest absolute Gasteiger partial charge is 0.126 e. The van der Waals surface area contributed by atoms with Gasteiger partial charge in [-0.3, -0.25) is 0 Å². The van der Waals surface area contributed by atoms with E-state index in [-0.39, 0.29) is 5.82 Å². The van der Waals surface area contributed by atoms with Crippen molar-refractivity contribution in [2.24, 2.45) is 0 Å². The lowest BCUT2D eigenvalue weighted by Gasteiger charge is -2.05. The van der Waals surface area contributed by atoms with E-state index < -0.39 is 0 Å². The molecule has 0 aliphatic carbocycles. The van der Waals surface area contributed by atoms with Crippen LogP contribution in [0.5, 0.6) is 0 Å². The Hall–Kier alpha value is -0.890. The Morgan fingerprint density at radius 1 is 1.00 bits per heavy atom. The number of halogens is 1. The van der Waals surface area contributed by atoms with Gasteiger partial charge in [-0.15, -0.1) is 0 Å². The fourth-order valence-corrected chi connectivity index (χ4v) is 1.90. The maximum Gasteiger partial charge on any atom is 0.126 e. The third kappa shape index (κ3) is 6.42. The maximum absolute atomic E-state index is 13.3. The van der Waals surface area contributed by atoms with E-state index in [4.69, 9.17) is 0 Å². The van der Waals surface area contributed by atoms with E-state index in [1.807, 2.05) is 12.1 Å². The molecule has 0 bridgehead atoms. The standard InChI is InChI=1S/C15H24FN/c1-2-3-4-5-8-12-17-13-11-14-9-6-7-10-15(14)16/h6-7,9-10,17H,2-5,8,11-13H2,1H3. The molecule has 0 saturated carbocycles. The Morgan fingerprint density at radius 3 is 2.53 bits per heavy atom. The van der Waals surface area contributed by atoms with Crippen molar-refractivity contribution in [3.63, 3.8) is 0 Å². The van der Waals surface area contributed by atoms with E-state index in [0.717, 1.165) is 25.1 Å². The highest BCUT2D eigenvalue weighted by Gasteiger charge is 1.99. The Bertz CT molecular complexity index is 299. The average molecular weight is 237 g/mol. The topological polar surface area (TPSA) is 12.0 Å². The van der Waals surface area contributed by atoms with Crippen molar-refractivity contribution in [1.82, 2.24) is 5.32 Å². The number of hydrogen-bond acceptors (Lipinski definition) is 1. The molecule has 0 fully saturated rings. The van der Waals surface area contributed by atoms with Crippen molar-refractivity contribution in [2.75, 3.05) is 13.1 Å². The minimum atomic E-state index is -0.0859. The second kappa shape index (κ2) is 9.17. The molecule has 0 amide bonds. The highest BCUT2D eigenvalue weighted by Crippen LogP contribution is 2.06. The van der Waals surface area contributed by atoms with Gasteiger partial charge in [0.2, 0.25) is 0 Å². The number of unbranched alkanes of at least 4 members (excludes halogenated alkanes) is 4. The van der Waals surface area contributed by atoms with Crippen molar-refractivity contribution in [3.05, 3.63) is 35.6 Å². The molecule has 1 N–H and O–H groups in total. The summed E-state index contributed by atoms with van der Waals surface area (Å²) in [5.41, 5.74) is 0.811. The van der Waals surface area contributed by atoms with Crippen LogP contribution in [-0.4, -0.2) is 13.1 Å². The summed E-state index contributed by atoms with van der Waals surface area (Å²) in [6.45, 7) is 4.15. The van der Waals surface area contributed by atoms with Crippen LogP contribution in [-0.2, 0) is 6.42 Å². The van der Waals surface area contributed by atoms with Gasteiger partial charge in [-0.2, -0.15) is 0 Å². The zero-order valence-corrected chi connectivity index (χ0v) is 10.8. The molecule has 2 heteroatoms. The van der Waals surface area contributed by atoms with E-state index in [0.29, 0.717) is 0 Å². The fraction of sp³-hybridized carbons (Fsp3) is 0.600. The summed E-state index contributed by atoms with van der Waals surface area (Å²) in [6, 6.07) is 7.02. The van der Waals surface area contributed by atoms with Gasteiger partial charge in [0.05, 0.1) is 0 Å². The van der Waals surface area contributed by atoms with Gasteiger partial charge in [-0.25, -0.2) is 4.39 Å². The van der Waals surface area contributed by atoms with Gasteiger partial charge < -0.3 is 5.32 Å². The van der Waals surface area contributed by atoms with Crippen LogP contribution in [0.3, 0.4) is 0 Å². The lowest BCUT2D eigenvalue weighted by molar-refractivity contribution is 0.572. The summed E-state index contributed by atoms with van der Waals surface area (Å²) in [5.74, 6) is -0.0859. The second-order valence-corrected chi connectivity index (χ2v) is 4.51. The van der Waals surface area contributed by atoms with Gasteiger partial charge in [0.25, 0.3) is 0 Å². The SMILES string of the molecule is CCCCCCCNCCc1ccccc1F. The highest BCUT2D eigenvalue weighted by molar-refractivity contribution is 5.17. The van der Waals surface area contributed by atoms with Crippen molar-refractivity contribution < 1.29 is 4.39 Å². The first kappa shape index (κ1) is 14.2. The molecule has 1 aromatic carbocycles. The number of nitrogens with one attached hydrogen (secondary N) is 1. The van der Waals surface area contributed by atoms with E-state index in [1.165, 1.54) is 38.2 Å². The van der Waals surface area contributed by atoms with Gasteiger partial charge in [0.15, 0.2) is 0 Å². The molecule has 0 aromatic heterocycles. The Balaban J connectivity index is 1.99. The van der Waals surface area contributed by atoms with E-state index in [9.17, 15) is 4.39 Å². The minimum Gasteiger partial charge on any atom is -0.316 e. The quantitative estimate of drug-likeness (QED) is 0.642. The molecule has 1 aromatic rings. The third-order valence-corrected chi connectivity index (χ3v) is 2.99. The molecule has 0 aliphatic rings. The predicted octanol–water partition coefficient (Wildman–Crippen LogP) is 3.93. The van der Waals surface area contributed by atoms with Crippen LogP contribution < -0.4 is 5.32 Å². The van der Waals surface area contributed by atoms with Crippen LogP contribution in [0.4, 0.5) is 4.39 Å². The molecule has 0 spiro atoms. The van der Waals surface area contributed by atoms with Crippen LogP contribution in [0.25, 0.3) is 0 Å². The molecular weight excluding hydrogens is 213 g/mol. The summed E-state index contributed by atoms with van der Waals surface area (Å²) in [5, 5.41) is 3.37. The zero-order chi connectivity index (χ0) is 12.3. The van der Waals surface area contributed by atoms with Crippen LogP contribution >= 0.6 is 0 Å².